The van der Waals surface area contributed by atoms with E-state index in [1.165, 1.54) is 30.8 Å². The predicted octanol–water partition coefficient (Wildman–Crippen LogP) is 5.57. The van der Waals surface area contributed by atoms with Crippen LogP contribution in [0.25, 0.3) is 16.6 Å². The summed E-state index contributed by atoms with van der Waals surface area (Å²) < 4.78 is 11.6. The first-order valence-corrected chi connectivity index (χ1v) is 8.43. The minimum atomic E-state index is -0.485. The lowest BCUT2D eigenvalue weighted by atomic mass is 10.2. The Labute approximate surface area is 162 Å². The largest absolute Gasteiger partial charge is 0.495 e. The van der Waals surface area contributed by atoms with Crippen molar-refractivity contribution < 1.29 is 14.3 Å². The third-order valence-corrected chi connectivity index (χ3v) is 4.67. The maximum absolute atomic E-state index is 11.1. The molecule has 1 aromatic heterocycles. The average molecular weight is 420 g/mol. The molecule has 0 saturated carbocycles. The molecule has 0 radical (unpaired) electrons. The third-order valence-electron chi connectivity index (χ3n) is 3.37. The predicted molar refractivity (Wildman–Crippen MR) is 99.0 cm³/mol. The molecule has 0 amide bonds. The van der Waals surface area contributed by atoms with Crippen molar-refractivity contribution >= 4 is 63.3 Å². The summed E-state index contributed by atoms with van der Waals surface area (Å²) in [6, 6.07) is 6.31. The Morgan fingerprint density at radius 2 is 1.76 bits per heavy atom. The van der Waals surface area contributed by atoms with Crippen LogP contribution in [0.3, 0.4) is 0 Å². The third kappa shape index (κ3) is 3.25. The van der Waals surface area contributed by atoms with Gasteiger partial charge in [0.15, 0.2) is 0 Å². The van der Waals surface area contributed by atoms with E-state index in [2.05, 4.69) is 5.10 Å². The van der Waals surface area contributed by atoms with E-state index >= 15 is 0 Å². The van der Waals surface area contributed by atoms with Gasteiger partial charge in [0, 0.05) is 19.1 Å². The Kier molecular flexibility index (Phi) is 5.02. The maximum atomic E-state index is 11.1. The number of aromatic nitrogens is 2. The SMILES string of the molecule is COc1ccc2nn(-c3c(Cl)cc(OC(C)=O)cc3Cl)c(Cl)c2c1Cl. The molecule has 25 heavy (non-hydrogen) atoms. The molecule has 0 aliphatic rings. The second kappa shape index (κ2) is 6.92. The molecule has 5 nitrogen and oxygen atoms in total. The van der Waals surface area contributed by atoms with Gasteiger partial charge in [0.05, 0.1) is 33.1 Å². The van der Waals surface area contributed by atoms with Crippen LogP contribution in [0.1, 0.15) is 6.92 Å². The number of fused-ring (bicyclic) bond motifs is 1. The smallest absolute Gasteiger partial charge is 0.308 e. The summed E-state index contributed by atoms with van der Waals surface area (Å²) in [5, 5.41) is 5.89. The van der Waals surface area contributed by atoms with Crippen molar-refractivity contribution in [1.29, 1.82) is 0 Å². The standard InChI is InChI=1S/C16H10Cl4N2O3/c1-7(23)25-8-5-9(17)15(10(18)6-8)22-16(20)13-11(21-22)3-4-12(24-2)14(13)19/h3-6H,1-2H3. The number of nitrogens with zero attached hydrogens (tertiary/aromatic N) is 2. The van der Waals surface area contributed by atoms with Gasteiger partial charge in [0.2, 0.25) is 0 Å². The fourth-order valence-corrected chi connectivity index (χ4v) is 3.67. The Morgan fingerprint density at radius 3 is 2.32 bits per heavy atom. The molecule has 3 aromatic rings. The van der Waals surface area contributed by atoms with Crippen molar-refractivity contribution in [3.8, 4) is 17.2 Å². The maximum Gasteiger partial charge on any atom is 0.308 e. The number of ether oxygens (including phenoxy) is 2. The lowest BCUT2D eigenvalue weighted by Crippen LogP contribution is -2.03. The molecular weight excluding hydrogens is 410 g/mol. The lowest BCUT2D eigenvalue weighted by Gasteiger charge is -2.10. The number of methoxy groups -OCH3 is 1. The molecule has 0 fully saturated rings. The van der Waals surface area contributed by atoms with Gasteiger partial charge in [-0.05, 0) is 12.1 Å². The van der Waals surface area contributed by atoms with Crippen LogP contribution in [0.2, 0.25) is 20.2 Å². The first-order chi connectivity index (χ1) is 11.8. The highest BCUT2D eigenvalue weighted by Gasteiger charge is 2.21. The van der Waals surface area contributed by atoms with E-state index in [0.717, 1.165) is 0 Å². The van der Waals surface area contributed by atoms with Gasteiger partial charge in [0.25, 0.3) is 0 Å². The number of benzene rings is 2. The summed E-state index contributed by atoms with van der Waals surface area (Å²) in [4.78, 5) is 11.1. The van der Waals surface area contributed by atoms with Crippen molar-refractivity contribution in [3.63, 3.8) is 0 Å². The van der Waals surface area contributed by atoms with Gasteiger partial charge in [0.1, 0.15) is 22.3 Å². The summed E-state index contributed by atoms with van der Waals surface area (Å²) in [6.07, 6.45) is 0. The fraction of sp³-hybridized carbons (Fsp3) is 0.125. The quantitative estimate of drug-likeness (QED) is 0.411. The van der Waals surface area contributed by atoms with Crippen LogP contribution in [0.5, 0.6) is 11.5 Å². The molecule has 0 N–H and O–H groups in total. The number of carbonyl (C=O) groups excluding carboxylic acids is 1. The Hall–Kier alpha value is -1.66. The van der Waals surface area contributed by atoms with E-state index in [4.69, 9.17) is 55.9 Å². The molecule has 1 heterocycles. The molecule has 0 aliphatic carbocycles. The highest BCUT2D eigenvalue weighted by Crippen LogP contribution is 2.41. The molecule has 0 spiro atoms. The van der Waals surface area contributed by atoms with Gasteiger partial charge < -0.3 is 9.47 Å². The molecular formula is C16H10Cl4N2O3. The molecule has 0 saturated heterocycles. The van der Waals surface area contributed by atoms with E-state index in [1.807, 2.05) is 0 Å². The van der Waals surface area contributed by atoms with Gasteiger partial charge >= 0.3 is 5.97 Å². The first kappa shape index (κ1) is 18.1. The molecule has 0 aliphatic heterocycles. The van der Waals surface area contributed by atoms with E-state index in [0.29, 0.717) is 27.4 Å². The molecule has 9 heteroatoms. The van der Waals surface area contributed by atoms with Crippen LogP contribution >= 0.6 is 46.4 Å². The molecule has 3 rings (SSSR count). The van der Waals surface area contributed by atoms with Crippen LogP contribution < -0.4 is 9.47 Å². The highest BCUT2D eigenvalue weighted by atomic mass is 35.5. The second-order valence-corrected chi connectivity index (χ2v) is 6.56. The molecule has 2 aromatic carbocycles. The zero-order chi connectivity index (χ0) is 18.3. The van der Waals surface area contributed by atoms with E-state index < -0.39 is 5.97 Å². The van der Waals surface area contributed by atoms with Crippen molar-refractivity contribution in [2.75, 3.05) is 7.11 Å². The Balaban J connectivity index is 2.22. The summed E-state index contributed by atoms with van der Waals surface area (Å²) >= 11 is 25.4. The highest BCUT2D eigenvalue weighted by molar-refractivity contribution is 6.43. The van der Waals surface area contributed by atoms with Crippen LogP contribution in [0.4, 0.5) is 0 Å². The molecule has 130 valence electrons. The van der Waals surface area contributed by atoms with Crippen LogP contribution in [-0.4, -0.2) is 22.9 Å². The molecule has 0 unspecified atom stereocenters. The number of rotatable bonds is 3. The average Bonchev–Trinajstić information content (AvgIpc) is 2.84. The van der Waals surface area contributed by atoms with E-state index in [-0.39, 0.29) is 20.9 Å². The second-order valence-electron chi connectivity index (χ2n) is 5.01. The number of halogens is 4. The first-order valence-electron chi connectivity index (χ1n) is 6.92. The van der Waals surface area contributed by atoms with Gasteiger partial charge in [-0.25, -0.2) is 4.68 Å². The van der Waals surface area contributed by atoms with Crippen LogP contribution in [-0.2, 0) is 4.79 Å². The zero-order valence-corrected chi connectivity index (χ0v) is 16.0. The summed E-state index contributed by atoms with van der Waals surface area (Å²) in [5.74, 6) is 0.207. The van der Waals surface area contributed by atoms with E-state index in [9.17, 15) is 4.79 Å². The van der Waals surface area contributed by atoms with Crippen molar-refractivity contribution in [1.82, 2.24) is 9.78 Å². The van der Waals surface area contributed by atoms with Gasteiger partial charge in [-0.1, -0.05) is 46.4 Å². The van der Waals surface area contributed by atoms with Gasteiger partial charge in [-0.2, -0.15) is 5.10 Å². The molecule has 0 bridgehead atoms. The molecule has 0 atom stereocenters. The number of hydrogen-bond acceptors (Lipinski definition) is 4. The van der Waals surface area contributed by atoms with Gasteiger partial charge in [-0.15, -0.1) is 0 Å². The minimum Gasteiger partial charge on any atom is -0.495 e. The lowest BCUT2D eigenvalue weighted by molar-refractivity contribution is -0.131. The van der Waals surface area contributed by atoms with Crippen molar-refractivity contribution in [2.24, 2.45) is 0 Å². The summed E-state index contributed by atoms with van der Waals surface area (Å²) in [6.45, 7) is 1.28. The Morgan fingerprint density at radius 1 is 1.12 bits per heavy atom. The van der Waals surface area contributed by atoms with Crippen LogP contribution in [0.15, 0.2) is 24.3 Å². The monoisotopic (exact) mass is 418 g/mol. The number of carbonyl (C=O) groups is 1. The van der Waals surface area contributed by atoms with Gasteiger partial charge in [-0.3, -0.25) is 4.79 Å². The number of hydrogen-bond donors (Lipinski definition) is 0. The van der Waals surface area contributed by atoms with Crippen LogP contribution in [0, 0.1) is 0 Å². The minimum absolute atomic E-state index is 0.210. The Bertz CT molecular complexity index is 978. The zero-order valence-electron chi connectivity index (χ0n) is 12.9. The summed E-state index contributed by atoms with van der Waals surface area (Å²) in [7, 11) is 1.51. The van der Waals surface area contributed by atoms with Crippen molar-refractivity contribution in [3.05, 3.63) is 44.5 Å². The topological polar surface area (TPSA) is 53.4 Å². The van der Waals surface area contributed by atoms with E-state index in [1.54, 1.807) is 12.1 Å². The summed E-state index contributed by atoms with van der Waals surface area (Å²) in [5.41, 5.74) is 0.891. The van der Waals surface area contributed by atoms with Crippen molar-refractivity contribution in [2.45, 2.75) is 6.92 Å². The normalized spacial score (nSPS) is 11.0. The number of esters is 1. The fourth-order valence-electron chi connectivity index (χ4n) is 2.36.